The minimum absolute atomic E-state index is 0.0345. The highest BCUT2D eigenvalue weighted by molar-refractivity contribution is 6.07. The molecule has 8 nitrogen and oxygen atoms in total. The third kappa shape index (κ3) is 4.60. The van der Waals surface area contributed by atoms with Crippen molar-refractivity contribution in [3.05, 3.63) is 54.1 Å². The standard InChI is InChI=1S/C21H21N3O5/c1-13(25)22-15-6-5-7-16(11-15)23-20(27)14-10-19(26)24(12-14)18-9-4-3-8-17(18)21(28)29-2/h3-9,11,14H,10,12H2,1-2H3,(H,22,25)(H,23,27). The molecule has 0 bridgehead atoms. The van der Waals surface area contributed by atoms with E-state index in [1.807, 2.05) is 0 Å². The Morgan fingerprint density at radius 1 is 1.03 bits per heavy atom. The van der Waals surface area contributed by atoms with Gasteiger partial charge >= 0.3 is 5.97 Å². The molecule has 0 spiro atoms. The van der Waals surface area contributed by atoms with Gasteiger partial charge in [-0.15, -0.1) is 0 Å². The van der Waals surface area contributed by atoms with Gasteiger partial charge in [0, 0.05) is 31.3 Å². The lowest BCUT2D eigenvalue weighted by molar-refractivity contribution is -0.122. The fraction of sp³-hybridized carbons (Fsp3) is 0.238. The first-order valence-electron chi connectivity index (χ1n) is 9.05. The Labute approximate surface area is 167 Å². The van der Waals surface area contributed by atoms with Gasteiger partial charge in [0.2, 0.25) is 17.7 Å². The van der Waals surface area contributed by atoms with Crippen LogP contribution in [0, 0.1) is 5.92 Å². The Morgan fingerprint density at radius 3 is 2.41 bits per heavy atom. The van der Waals surface area contributed by atoms with E-state index < -0.39 is 11.9 Å². The first kappa shape index (κ1) is 20.1. The second kappa shape index (κ2) is 8.55. The lowest BCUT2D eigenvalue weighted by Crippen LogP contribution is -2.29. The Hall–Kier alpha value is -3.68. The number of benzene rings is 2. The quantitative estimate of drug-likeness (QED) is 0.757. The van der Waals surface area contributed by atoms with Gasteiger partial charge in [-0.25, -0.2) is 4.79 Å². The molecule has 1 aliphatic rings. The Balaban J connectivity index is 1.73. The second-order valence-electron chi connectivity index (χ2n) is 6.67. The van der Waals surface area contributed by atoms with Crippen molar-refractivity contribution in [3.8, 4) is 0 Å². The fourth-order valence-electron chi connectivity index (χ4n) is 3.23. The maximum absolute atomic E-state index is 12.7. The summed E-state index contributed by atoms with van der Waals surface area (Å²) in [5.41, 5.74) is 1.77. The summed E-state index contributed by atoms with van der Waals surface area (Å²) in [6.45, 7) is 1.56. The molecule has 1 fully saturated rings. The number of ether oxygens (including phenoxy) is 1. The van der Waals surface area contributed by atoms with E-state index in [1.54, 1.807) is 48.5 Å². The number of carbonyl (C=O) groups excluding carboxylic acids is 4. The third-order valence-electron chi connectivity index (χ3n) is 4.55. The van der Waals surface area contributed by atoms with E-state index in [2.05, 4.69) is 10.6 Å². The number of para-hydroxylation sites is 1. The molecule has 29 heavy (non-hydrogen) atoms. The van der Waals surface area contributed by atoms with Crippen LogP contribution < -0.4 is 15.5 Å². The molecule has 2 aromatic carbocycles. The van der Waals surface area contributed by atoms with Crippen LogP contribution in [0.4, 0.5) is 17.1 Å². The van der Waals surface area contributed by atoms with E-state index in [4.69, 9.17) is 4.74 Å². The van der Waals surface area contributed by atoms with Crippen LogP contribution in [-0.2, 0) is 19.1 Å². The van der Waals surface area contributed by atoms with Crippen LogP contribution in [0.25, 0.3) is 0 Å². The highest BCUT2D eigenvalue weighted by Crippen LogP contribution is 2.29. The van der Waals surface area contributed by atoms with Crippen molar-refractivity contribution in [2.75, 3.05) is 29.2 Å². The molecule has 0 aliphatic carbocycles. The number of nitrogens with zero attached hydrogens (tertiary/aromatic N) is 1. The molecule has 0 aromatic heterocycles. The summed E-state index contributed by atoms with van der Waals surface area (Å²) in [5, 5.41) is 5.43. The van der Waals surface area contributed by atoms with Crippen LogP contribution in [0.5, 0.6) is 0 Å². The highest BCUT2D eigenvalue weighted by atomic mass is 16.5. The van der Waals surface area contributed by atoms with E-state index in [0.717, 1.165) is 0 Å². The zero-order chi connectivity index (χ0) is 21.0. The van der Waals surface area contributed by atoms with Crippen molar-refractivity contribution in [2.24, 2.45) is 5.92 Å². The molecule has 0 radical (unpaired) electrons. The smallest absolute Gasteiger partial charge is 0.339 e. The summed E-state index contributed by atoms with van der Waals surface area (Å²) in [4.78, 5) is 49.8. The predicted octanol–water partition coefficient (Wildman–Crippen LogP) is 2.42. The molecule has 1 saturated heterocycles. The lowest BCUT2D eigenvalue weighted by atomic mass is 10.1. The molecule has 1 unspecified atom stereocenters. The third-order valence-corrected chi connectivity index (χ3v) is 4.55. The molecule has 3 rings (SSSR count). The Bertz CT molecular complexity index is 972. The van der Waals surface area contributed by atoms with Crippen molar-refractivity contribution in [1.82, 2.24) is 0 Å². The molecule has 2 aromatic rings. The van der Waals surface area contributed by atoms with Gasteiger partial charge < -0.3 is 20.3 Å². The number of rotatable bonds is 5. The number of esters is 1. The zero-order valence-electron chi connectivity index (χ0n) is 16.1. The summed E-state index contributed by atoms with van der Waals surface area (Å²) in [7, 11) is 1.27. The average Bonchev–Trinajstić information content (AvgIpc) is 3.09. The largest absolute Gasteiger partial charge is 0.465 e. The van der Waals surface area contributed by atoms with E-state index >= 15 is 0 Å². The van der Waals surface area contributed by atoms with Crippen LogP contribution in [0.1, 0.15) is 23.7 Å². The Morgan fingerprint density at radius 2 is 1.72 bits per heavy atom. The first-order chi connectivity index (χ1) is 13.9. The topological polar surface area (TPSA) is 105 Å². The minimum atomic E-state index is -0.572. The van der Waals surface area contributed by atoms with Crippen LogP contribution in [0.15, 0.2) is 48.5 Å². The van der Waals surface area contributed by atoms with Gasteiger partial charge in [0.1, 0.15) is 0 Å². The molecular weight excluding hydrogens is 374 g/mol. The molecule has 0 saturated carbocycles. The summed E-state index contributed by atoms with van der Waals surface area (Å²) in [6.07, 6.45) is 0.0345. The van der Waals surface area contributed by atoms with Crippen LogP contribution in [-0.4, -0.2) is 37.3 Å². The van der Waals surface area contributed by atoms with Crippen LogP contribution in [0.3, 0.4) is 0 Å². The highest BCUT2D eigenvalue weighted by Gasteiger charge is 2.36. The van der Waals surface area contributed by atoms with Gasteiger partial charge in [-0.2, -0.15) is 0 Å². The van der Waals surface area contributed by atoms with Crippen molar-refractivity contribution in [3.63, 3.8) is 0 Å². The zero-order valence-corrected chi connectivity index (χ0v) is 16.1. The SMILES string of the molecule is COC(=O)c1ccccc1N1CC(C(=O)Nc2cccc(NC(C)=O)c2)CC1=O. The average molecular weight is 395 g/mol. The summed E-state index contributed by atoms with van der Waals surface area (Å²) in [5.74, 6) is -1.88. The molecule has 150 valence electrons. The number of hydrogen-bond donors (Lipinski definition) is 2. The van der Waals surface area contributed by atoms with Crippen LogP contribution in [0.2, 0.25) is 0 Å². The predicted molar refractivity (Wildman–Crippen MR) is 108 cm³/mol. The van der Waals surface area contributed by atoms with Crippen LogP contribution >= 0.6 is 0 Å². The van der Waals surface area contributed by atoms with Gasteiger partial charge in [-0.3, -0.25) is 14.4 Å². The first-order valence-corrected chi connectivity index (χ1v) is 9.05. The molecule has 1 atom stereocenters. The molecular formula is C21H21N3O5. The van der Waals surface area contributed by atoms with Crippen molar-refractivity contribution < 1.29 is 23.9 Å². The monoisotopic (exact) mass is 395 g/mol. The van der Waals surface area contributed by atoms with Gasteiger partial charge in [0.05, 0.1) is 24.3 Å². The molecule has 1 aliphatic heterocycles. The maximum Gasteiger partial charge on any atom is 0.339 e. The van der Waals surface area contributed by atoms with Gasteiger partial charge in [0.25, 0.3) is 0 Å². The number of hydrogen-bond acceptors (Lipinski definition) is 5. The molecule has 1 heterocycles. The number of amides is 3. The number of methoxy groups -OCH3 is 1. The lowest BCUT2D eigenvalue weighted by Gasteiger charge is -2.19. The summed E-state index contributed by atoms with van der Waals surface area (Å²) >= 11 is 0. The normalized spacial score (nSPS) is 15.7. The van der Waals surface area contributed by atoms with Gasteiger partial charge in [-0.1, -0.05) is 18.2 Å². The van der Waals surface area contributed by atoms with Gasteiger partial charge in [0.15, 0.2) is 0 Å². The molecule has 3 amide bonds. The van der Waals surface area contributed by atoms with E-state index in [1.165, 1.54) is 18.9 Å². The molecule has 2 N–H and O–H groups in total. The second-order valence-corrected chi connectivity index (χ2v) is 6.67. The fourth-order valence-corrected chi connectivity index (χ4v) is 3.23. The Kier molecular flexibility index (Phi) is 5.92. The minimum Gasteiger partial charge on any atom is -0.465 e. The van der Waals surface area contributed by atoms with Crippen molar-refractivity contribution in [1.29, 1.82) is 0 Å². The number of anilines is 3. The van der Waals surface area contributed by atoms with E-state index in [0.29, 0.717) is 17.1 Å². The number of nitrogens with one attached hydrogen (secondary N) is 2. The summed E-state index contributed by atoms with van der Waals surface area (Å²) in [6, 6.07) is 13.4. The maximum atomic E-state index is 12.7. The van der Waals surface area contributed by atoms with Crippen molar-refractivity contribution >= 4 is 40.8 Å². The van der Waals surface area contributed by atoms with Gasteiger partial charge in [-0.05, 0) is 30.3 Å². The molecule has 8 heteroatoms. The number of carbonyl (C=O) groups is 4. The van der Waals surface area contributed by atoms with E-state index in [9.17, 15) is 19.2 Å². The van der Waals surface area contributed by atoms with E-state index in [-0.39, 0.29) is 36.3 Å². The summed E-state index contributed by atoms with van der Waals surface area (Å²) < 4.78 is 4.78. The van der Waals surface area contributed by atoms with Crippen molar-refractivity contribution in [2.45, 2.75) is 13.3 Å².